The van der Waals surface area contributed by atoms with Crippen molar-refractivity contribution in [3.8, 4) is 28.3 Å². The molecule has 4 nitrogen and oxygen atoms in total. The maximum Gasteiger partial charge on any atom is 0.353 e. The molecule has 0 saturated heterocycles. The second kappa shape index (κ2) is 7.29. The van der Waals surface area contributed by atoms with Gasteiger partial charge in [0.25, 0.3) is 0 Å². The van der Waals surface area contributed by atoms with Gasteiger partial charge in [-0.25, -0.2) is 4.79 Å². The first kappa shape index (κ1) is 18.5. The van der Waals surface area contributed by atoms with Gasteiger partial charge in [-0.2, -0.15) is 5.26 Å². The molecular formula is C25H20N2O2. The molecule has 0 spiro atoms. The lowest BCUT2D eigenvalue weighted by atomic mass is 9.95. The van der Waals surface area contributed by atoms with Gasteiger partial charge in [0.15, 0.2) is 0 Å². The Kier molecular flexibility index (Phi) is 4.66. The van der Waals surface area contributed by atoms with Crippen LogP contribution in [0, 0.1) is 11.3 Å². The molecule has 0 amide bonds. The van der Waals surface area contributed by atoms with Crippen LogP contribution in [-0.2, 0) is 13.5 Å². The van der Waals surface area contributed by atoms with Crippen LogP contribution in [0.2, 0.25) is 0 Å². The molecule has 0 saturated carbocycles. The Labute approximate surface area is 169 Å². The summed E-state index contributed by atoms with van der Waals surface area (Å²) < 4.78 is 1.62. The largest absolute Gasteiger partial charge is 0.477 e. The predicted octanol–water partition coefficient (Wildman–Crippen LogP) is 5.64. The lowest BCUT2D eigenvalue weighted by Gasteiger charge is -2.09. The topological polar surface area (TPSA) is 66.0 Å². The minimum atomic E-state index is -1.03. The predicted molar refractivity (Wildman–Crippen MR) is 115 cm³/mol. The Balaban J connectivity index is 1.88. The highest BCUT2D eigenvalue weighted by Gasteiger charge is 2.25. The van der Waals surface area contributed by atoms with Gasteiger partial charge in [-0.15, -0.1) is 0 Å². The number of carboxylic acid groups (broad SMARTS) is 1. The molecule has 142 valence electrons. The second-order valence-electron chi connectivity index (χ2n) is 6.98. The van der Waals surface area contributed by atoms with E-state index in [2.05, 4.69) is 30.3 Å². The van der Waals surface area contributed by atoms with Crippen LogP contribution in [0.5, 0.6) is 0 Å². The molecule has 0 fully saturated rings. The SMILES string of the molecule is CCc1c(C#N)c(-c2ccc(-c3cccc4ccccc34)cc2)c(C(=O)O)n1C. The number of rotatable bonds is 4. The summed E-state index contributed by atoms with van der Waals surface area (Å²) in [5, 5.41) is 21.8. The summed E-state index contributed by atoms with van der Waals surface area (Å²) in [6.07, 6.45) is 0.591. The van der Waals surface area contributed by atoms with Crippen molar-refractivity contribution in [2.75, 3.05) is 0 Å². The summed E-state index contributed by atoms with van der Waals surface area (Å²) in [7, 11) is 1.71. The molecule has 1 N–H and O–H groups in total. The quantitative estimate of drug-likeness (QED) is 0.498. The summed E-state index contributed by atoms with van der Waals surface area (Å²) in [5.41, 5.74) is 4.71. The third kappa shape index (κ3) is 2.97. The molecule has 4 aromatic rings. The number of hydrogen-bond acceptors (Lipinski definition) is 2. The van der Waals surface area contributed by atoms with E-state index in [4.69, 9.17) is 0 Å². The molecule has 0 aliphatic carbocycles. The highest BCUT2D eigenvalue weighted by molar-refractivity contribution is 5.99. The standard InChI is InChI=1S/C25H20N2O2/c1-3-22-21(15-26)23(24(25(28)29)27(22)2)18-13-11-17(12-14-18)20-10-6-8-16-7-4-5-9-19(16)20/h4-14H,3H2,1-2H3,(H,28,29). The summed E-state index contributed by atoms with van der Waals surface area (Å²) in [6, 6.07) is 24.4. The van der Waals surface area contributed by atoms with Crippen molar-refractivity contribution in [3.05, 3.63) is 83.7 Å². The van der Waals surface area contributed by atoms with Crippen LogP contribution in [0.4, 0.5) is 0 Å². The summed E-state index contributed by atoms with van der Waals surface area (Å²) in [4.78, 5) is 11.9. The van der Waals surface area contributed by atoms with E-state index in [0.717, 1.165) is 22.4 Å². The van der Waals surface area contributed by atoms with Crippen molar-refractivity contribution in [1.29, 1.82) is 5.26 Å². The van der Waals surface area contributed by atoms with Gasteiger partial charge in [-0.05, 0) is 33.9 Å². The first-order valence-electron chi connectivity index (χ1n) is 9.50. The maximum atomic E-state index is 11.9. The van der Waals surface area contributed by atoms with Crippen LogP contribution in [-0.4, -0.2) is 15.6 Å². The minimum Gasteiger partial charge on any atom is -0.477 e. The third-order valence-electron chi connectivity index (χ3n) is 5.44. The molecule has 1 aromatic heterocycles. The monoisotopic (exact) mass is 380 g/mol. The van der Waals surface area contributed by atoms with Crippen molar-refractivity contribution >= 4 is 16.7 Å². The Bertz CT molecular complexity index is 1270. The molecule has 4 heteroatoms. The van der Waals surface area contributed by atoms with Crippen LogP contribution in [0.15, 0.2) is 66.7 Å². The molecule has 29 heavy (non-hydrogen) atoms. The summed E-state index contributed by atoms with van der Waals surface area (Å²) in [5.74, 6) is -1.03. The second-order valence-corrected chi connectivity index (χ2v) is 6.98. The molecule has 1 heterocycles. The lowest BCUT2D eigenvalue weighted by Crippen LogP contribution is -2.07. The number of carbonyl (C=O) groups is 1. The number of nitriles is 1. The fourth-order valence-electron chi connectivity index (χ4n) is 4.09. The maximum absolute atomic E-state index is 11.9. The molecule has 0 bridgehead atoms. The van der Waals surface area contributed by atoms with Gasteiger partial charge in [-0.3, -0.25) is 0 Å². The van der Waals surface area contributed by atoms with E-state index in [9.17, 15) is 15.2 Å². The van der Waals surface area contributed by atoms with Crippen LogP contribution < -0.4 is 0 Å². The molecule has 0 aliphatic rings. The zero-order chi connectivity index (χ0) is 20.5. The molecule has 3 aromatic carbocycles. The minimum absolute atomic E-state index is 0.149. The third-order valence-corrected chi connectivity index (χ3v) is 5.44. The zero-order valence-corrected chi connectivity index (χ0v) is 16.3. The van der Waals surface area contributed by atoms with Crippen molar-refractivity contribution in [3.63, 3.8) is 0 Å². The van der Waals surface area contributed by atoms with Crippen molar-refractivity contribution in [2.24, 2.45) is 7.05 Å². The highest BCUT2D eigenvalue weighted by atomic mass is 16.4. The van der Waals surface area contributed by atoms with E-state index < -0.39 is 5.97 Å². The molecule has 0 radical (unpaired) electrons. The van der Waals surface area contributed by atoms with E-state index in [0.29, 0.717) is 17.5 Å². The van der Waals surface area contributed by atoms with E-state index in [1.807, 2.05) is 49.4 Å². The number of hydrogen-bond donors (Lipinski definition) is 1. The molecule has 0 atom stereocenters. The molecule has 0 unspecified atom stereocenters. The smallest absolute Gasteiger partial charge is 0.353 e. The fraction of sp³-hybridized carbons (Fsp3) is 0.120. The van der Waals surface area contributed by atoms with Crippen molar-refractivity contribution < 1.29 is 9.90 Å². The Morgan fingerprint density at radius 2 is 1.66 bits per heavy atom. The lowest BCUT2D eigenvalue weighted by molar-refractivity contribution is 0.0687. The van der Waals surface area contributed by atoms with Gasteiger partial charge < -0.3 is 9.67 Å². The summed E-state index contributed by atoms with van der Waals surface area (Å²) >= 11 is 0. The number of benzene rings is 3. The Morgan fingerprint density at radius 1 is 1.00 bits per heavy atom. The van der Waals surface area contributed by atoms with Gasteiger partial charge in [-0.1, -0.05) is 73.7 Å². The van der Waals surface area contributed by atoms with Crippen LogP contribution in [0.25, 0.3) is 33.0 Å². The summed E-state index contributed by atoms with van der Waals surface area (Å²) in [6.45, 7) is 1.93. The average Bonchev–Trinajstić information content (AvgIpc) is 3.05. The van der Waals surface area contributed by atoms with Gasteiger partial charge in [0.2, 0.25) is 0 Å². The average molecular weight is 380 g/mol. The van der Waals surface area contributed by atoms with E-state index in [-0.39, 0.29) is 5.69 Å². The van der Waals surface area contributed by atoms with Crippen molar-refractivity contribution in [1.82, 2.24) is 4.57 Å². The van der Waals surface area contributed by atoms with Crippen LogP contribution in [0.1, 0.15) is 28.7 Å². The number of nitrogens with zero attached hydrogens (tertiary/aromatic N) is 2. The number of carboxylic acids is 1. The molecular weight excluding hydrogens is 360 g/mol. The Morgan fingerprint density at radius 3 is 2.31 bits per heavy atom. The molecule has 4 rings (SSSR count). The van der Waals surface area contributed by atoms with E-state index >= 15 is 0 Å². The zero-order valence-electron chi connectivity index (χ0n) is 16.3. The van der Waals surface area contributed by atoms with E-state index in [1.54, 1.807) is 11.6 Å². The highest BCUT2D eigenvalue weighted by Crippen LogP contribution is 2.35. The van der Waals surface area contributed by atoms with Gasteiger partial charge in [0.05, 0.1) is 5.56 Å². The van der Waals surface area contributed by atoms with Gasteiger partial charge in [0.1, 0.15) is 11.8 Å². The van der Waals surface area contributed by atoms with Gasteiger partial charge in [0, 0.05) is 18.3 Å². The van der Waals surface area contributed by atoms with Crippen LogP contribution in [0.3, 0.4) is 0 Å². The molecule has 0 aliphatic heterocycles. The fourth-order valence-corrected chi connectivity index (χ4v) is 4.09. The van der Waals surface area contributed by atoms with Gasteiger partial charge >= 0.3 is 5.97 Å². The van der Waals surface area contributed by atoms with Crippen LogP contribution >= 0.6 is 0 Å². The first-order chi connectivity index (χ1) is 14.1. The number of aromatic nitrogens is 1. The first-order valence-corrected chi connectivity index (χ1v) is 9.50. The van der Waals surface area contributed by atoms with E-state index in [1.165, 1.54) is 10.8 Å². The normalized spacial score (nSPS) is 10.8. The number of fused-ring (bicyclic) bond motifs is 1. The Hall–Kier alpha value is -3.84. The number of aromatic carboxylic acids is 1. The van der Waals surface area contributed by atoms with Crippen molar-refractivity contribution in [2.45, 2.75) is 13.3 Å².